The fourth-order valence-corrected chi connectivity index (χ4v) is 3.44. The van der Waals surface area contributed by atoms with E-state index in [1.165, 1.54) is 11.6 Å². The van der Waals surface area contributed by atoms with Crippen LogP contribution in [0.15, 0.2) is 35.3 Å². The quantitative estimate of drug-likeness (QED) is 0.630. The summed E-state index contributed by atoms with van der Waals surface area (Å²) in [5.74, 6) is 1.34. The van der Waals surface area contributed by atoms with Crippen LogP contribution in [-0.4, -0.2) is 45.2 Å². The van der Waals surface area contributed by atoms with Crippen LogP contribution < -0.4 is 14.8 Å². The Morgan fingerprint density at radius 3 is 2.50 bits per heavy atom. The van der Waals surface area contributed by atoms with Crippen LogP contribution in [0.4, 0.5) is 8.78 Å². The number of methoxy groups -OCH3 is 2. The smallest absolute Gasteiger partial charge is 0.193 e. The minimum atomic E-state index is -0.433. The Hall–Kier alpha value is -2.83. The summed E-state index contributed by atoms with van der Waals surface area (Å²) in [4.78, 5) is 6.47. The van der Waals surface area contributed by atoms with Gasteiger partial charge in [0, 0.05) is 26.7 Å². The van der Waals surface area contributed by atoms with Gasteiger partial charge in [-0.1, -0.05) is 0 Å². The second kappa shape index (κ2) is 8.91. The van der Waals surface area contributed by atoms with Crippen LogP contribution in [0.3, 0.4) is 0 Å². The molecule has 0 saturated carbocycles. The largest absolute Gasteiger partial charge is 0.493 e. The zero-order chi connectivity index (χ0) is 20.1. The number of hydrogen-bond donors (Lipinski definition) is 1. The number of halogens is 2. The van der Waals surface area contributed by atoms with Gasteiger partial charge in [0.25, 0.3) is 0 Å². The molecule has 150 valence electrons. The minimum Gasteiger partial charge on any atom is -0.493 e. The molecule has 28 heavy (non-hydrogen) atoms. The molecule has 0 unspecified atom stereocenters. The highest BCUT2D eigenvalue weighted by atomic mass is 19.1. The first-order chi connectivity index (χ1) is 13.5. The van der Waals surface area contributed by atoms with Crippen molar-refractivity contribution in [2.45, 2.75) is 19.4 Å². The average molecular weight is 389 g/mol. The third kappa shape index (κ3) is 4.35. The van der Waals surface area contributed by atoms with Gasteiger partial charge in [-0.05, 0) is 59.9 Å². The number of nitrogens with zero attached hydrogens (tertiary/aromatic N) is 2. The van der Waals surface area contributed by atoms with Crippen LogP contribution >= 0.6 is 0 Å². The Bertz CT molecular complexity index is 871. The van der Waals surface area contributed by atoms with E-state index >= 15 is 0 Å². The standard InChI is InChI=1S/C21H25F2N3O2/c1-24-21(25-8-6-15-10-17(22)4-5-18(15)23)26-9-7-14-11-19(27-2)20(28-3)12-16(14)13-26/h4-5,10-12H,6-9,13H2,1-3H3,(H,24,25). The minimum absolute atomic E-state index is 0.351. The van der Waals surface area contributed by atoms with E-state index in [1.54, 1.807) is 21.3 Å². The van der Waals surface area contributed by atoms with E-state index in [-0.39, 0.29) is 0 Å². The highest BCUT2D eigenvalue weighted by Gasteiger charge is 2.21. The number of guanidine groups is 1. The molecule has 0 radical (unpaired) electrons. The zero-order valence-corrected chi connectivity index (χ0v) is 16.4. The lowest BCUT2D eigenvalue weighted by atomic mass is 9.99. The van der Waals surface area contributed by atoms with Crippen LogP contribution in [0.2, 0.25) is 0 Å². The van der Waals surface area contributed by atoms with Gasteiger partial charge in [-0.15, -0.1) is 0 Å². The molecule has 0 aliphatic carbocycles. The molecule has 0 bridgehead atoms. The molecule has 7 heteroatoms. The van der Waals surface area contributed by atoms with Crippen LogP contribution in [0.5, 0.6) is 11.5 Å². The fourth-order valence-electron chi connectivity index (χ4n) is 3.44. The average Bonchev–Trinajstić information content (AvgIpc) is 2.72. The molecule has 0 amide bonds. The summed E-state index contributed by atoms with van der Waals surface area (Å²) >= 11 is 0. The number of benzene rings is 2. The molecular formula is C21H25F2N3O2. The van der Waals surface area contributed by atoms with Gasteiger partial charge in [0.1, 0.15) is 11.6 Å². The monoisotopic (exact) mass is 389 g/mol. The molecular weight excluding hydrogens is 364 g/mol. The highest BCUT2D eigenvalue weighted by Crippen LogP contribution is 2.33. The number of aliphatic imine (C=N–C) groups is 1. The highest BCUT2D eigenvalue weighted by molar-refractivity contribution is 5.80. The normalized spacial score (nSPS) is 13.9. The SMILES string of the molecule is CN=C(NCCc1cc(F)ccc1F)N1CCc2cc(OC)c(OC)cc2C1. The summed E-state index contributed by atoms with van der Waals surface area (Å²) < 4.78 is 37.9. The predicted molar refractivity (Wildman–Crippen MR) is 105 cm³/mol. The van der Waals surface area contributed by atoms with Crippen LogP contribution in [0, 0.1) is 11.6 Å². The second-order valence-electron chi connectivity index (χ2n) is 6.61. The number of ether oxygens (including phenoxy) is 2. The lowest BCUT2D eigenvalue weighted by molar-refractivity contribution is 0.346. The van der Waals surface area contributed by atoms with Gasteiger partial charge < -0.3 is 19.7 Å². The third-order valence-corrected chi connectivity index (χ3v) is 4.91. The maximum absolute atomic E-state index is 13.8. The molecule has 1 N–H and O–H groups in total. The van der Waals surface area contributed by atoms with E-state index in [2.05, 4.69) is 15.2 Å². The maximum atomic E-state index is 13.8. The van der Waals surface area contributed by atoms with Gasteiger partial charge in [-0.25, -0.2) is 8.78 Å². The maximum Gasteiger partial charge on any atom is 0.193 e. The van der Waals surface area contributed by atoms with Crippen molar-refractivity contribution in [3.05, 3.63) is 58.7 Å². The van der Waals surface area contributed by atoms with E-state index in [0.717, 1.165) is 42.4 Å². The zero-order valence-electron chi connectivity index (χ0n) is 16.4. The van der Waals surface area contributed by atoms with Crippen molar-refractivity contribution >= 4 is 5.96 Å². The Morgan fingerprint density at radius 2 is 1.82 bits per heavy atom. The van der Waals surface area contributed by atoms with Crippen molar-refractivity contribution in [1.29, 1.82) is 0 Å². The van der Waals surface area contributed by atoms with Crippen molar-refractivity contribution in [2.24, 2.45) is 4.99 Å². The number of nitrogens with one attached hydrogen (secondary N) is 1. The van der Waals surface area contributed by atoms with Gasteiger partial charge in [-0.2, -0.15) is 0 Å². The molecule has 2 aromatic rings. The van der Waals surface area contributed by atoms with Gasteiger partial charge >= 0.3 is 0 Å². The lowest BCUT2D eigenvalue weighted by Crippen LogP contribution is -2.44. The summed E-state index contributed by atoms with van der Waals surface area (Å²) in [6.07, 6.45) is 1.23. The molecule has 3 rings (SSSR count). The van der Waals surface area contributed by atoms with Gasteiger partial charge in [0.05, 0.1) is 14.2 Å². The van der Waals surface area contributed by atoms with Crippen LogP contribution in [0.1, 0.15) is 16.7 Å². The molecule has 0 aromatic heterocycles. The number of rotatable bonds is 5. The third-order valence-electron chi connectivity index (χ3n) is 4.91. The molecule has 5 nitrogen and oxygen atoms in total. The van der Waals surface area contributed by atoms with Crippen molar-refractivity contribution in [3.8, 4) is 11.5 Å². The van der Waals surface area contributed by atoms with E-state index in [9.17, 15) is 8.78 Å². The number of fused-ring (bicyclic) bond motifs is 1. The molecule has 2 aromatic carbocycles. The Kier molecular flexibility index (Phi) is 6.34. The Labute approximate surface area is 164 Å². The summed E-state index contributed by atoms with van der Waals surface area (Å²) in [6, 6.07) is 7.53. The van der Waals surface area contributed by atoms with E-state index < -0.39 is 11.6 Å². The first-order valence-electron chi connectivity index (χ1n) is 9.19. The first-order valence-corrected chi connectivity index (χ1v) is 9.19. The van der Waals surface area contributed by atoms with E-state index in [0.29, 0.717) is 30.8 Å². The summed E-state index contributed by atoms with van der Waals surface area (Å²) in [5, 5.41) is 3.25. The van der Waals surface area contributed by atoms with Gasteiger partial charge in [0.15, 0.2) is 17.5 Å². The fraction of sp³-hybridized carbons (Fsp3) is 0.381. The molecule has 0 fully saturated rings. The molecule has 0 spiro atoms. The van der Waals surface area contributed by atoms with Gasteiger partial charge in [-0.3, -0.25) is 4.99 Å². The molecule has 1 aliphatic rings. The molecule has 1 aliphatic heterocycles. The number of hydrogen-bond acceptors (Lipinski definition) is 3. The Balaban J connectivity index is 1.65. The van der Waals surface area contributed by atoms with Crippen molar-refractivity contribution in [3.63, 3.8) is 0 Å². The van der Waals surface area contributed by atoms with Crippen LogP contribution in [-0.2, 0) is 19.4 Å². The topological polar surface area (TPSA) is 46.1 Å². The molecule has 0 atom stereocenters. The second-order valence-corrected chi connectivity index (χ2v) is 6.61. The summed E-state index contributed by atoms with van der Waals surface area (Å²) in [5.41, 5.74) is 2.73. The first kappa shape index (κ1) is 19.9. The van der Waals surface area contributed by atoms with Crippen molar-refractivity contribution in [2.75, 3.05) is 34.4 Å². The lowest BCUT2D eigenvalue weighted by Gasteiger charge is -2.32. The summed E-state index contributed by atoms with van der Waals surface area (Å²) in [7, 11) is 4.97. The Morgan fingerprint density at radius 1 is 1.11 bits per heavy atom. The van der Waals surface area contributed by atoms with Crippen molar-refractivity contribution in [1.82, 2.24) is 10.2 Å². The van der Waals surface area contributed by atoms with E-state index in [1.807, 2.05) is 12.1 Å². The van der Waals surface area contributed by atoms with E-state index in [4.69, 9.17) is 9.47 Å². The van der Waals surface area contributed by atoms with Crippen molar-refractivity contribution < 1.29 is 18.3 Å². The van der Waals surface area contributed by atoms with Crippen LogP contribution in [0.25, 0.3) is 0 Å². The summed E-state index contributed by atoms with van der Waals surface area (Å²) in [6.45, 7) is 1.95. The molecule has 1 heterocycles. The predicted octanol–water partition coefficient (Wildman–Crippen LogP) is 3.16. The van der Waals surface area contributed by atoms with Gasteiger partial charge in [0.2, 0.25) is 0 Å². The molecule has 0 saturated heterocycles.